The summed E-state index contributed by atoms with van der Waals surface area (Å²) >= 11 is 0. The van der Waals surface area contributed by atoms with Crippen molar-refractivity contribution in [1.29, 1.82) is 0 Å². The van der Waals surface area contributed by atoms with Gasteiger partial charge in [-0.15, -0.1) is 0 Å². The van der Waals surface area contributed by atoms with Crippen LogP contribution in [-0.4, -0.2) is 51.1 Å². The van der Waals surface area contributed by atoms with Crippen molar-refractivity contribution in [1.82, 2.24) is 24.9 Å². The molecule has 0 radical (unpaired) electrons. The molecular weight excluding hydrogens is 290 g/mol. The van der Waals surface area contributed by atoms with Crippen molar-refractivity contribution in [2.75, 3.05) is 26.2 Å². The highest BCUT2D eigenvalue weighted by Crippen LogP contribution is 2.10. The van der Waals surface area contributed by atoms with E-state index in [1.807, 2.05) is 18.3 Å². The minimum Gasteiger partial charge on any atom is -0.339 e. The molecule has 1 aliphatic rings. The number of hydrogen-bond donors (Lipinski definition) is 0. The van der Waals surface area contributed by atoms with Gasteiger partial charge in [0.2, 0.25) is 5.89 Å². The first-order valence-corrected chi connectivity index (χ1v) is 8.35. The normalized spacial score (nSPS) is 17.0. The van der Waals surface area contributed by atoms with Gasteiger partial charge in [0.05, 0.1) is 12.2 Å². The predicted octanol–water partition coefficient (Wildman–Crippen LogP) is 1.98. The summed E-state index contributed by atoms with van der Waals surface area (Å²) in [6, 6.07) is 6.09. The van der Waals surface area contributed by atoms with E-state index in [4.69, 9.17) is 4.52 Å². The first-order chi connectivity index (χ1) is 11.2. The Kier molecular flexibility index (Phi) is 5.35. The standard InChI is InChI=1S/C17H25N5O/c1-14(2)11-17-19-16(20-23-17)13-22-9-7-21(8-10-22)12-15-5-3-4-6-18-15/h3-6,14H,7-13H2,1-2H3. The Morgan fingerprint density at radius 1 is 1.09 bits per heavy atom. The highest BCUT2D eigenvalue weighted by molar-refractivity contribution is 5.03. The van der Waals surface area contributed by atoms with Crippen LogP contribution in [0.25, 0.3) is 0 Å². The zero-order valence-electron chi connectivity index (χ0n) is 14.0. The molecule has 0 unspecified atom stereocenters. The lowest BCUT2D eigenvalue weighted by Gasteiger charge is -2.33. The highest BCUT2D eigenvalue weighted by atomic mass is 16.5. The van der Waals surface area contributed by atoms with Crippen LogP contribution in [0.1, 0.15) is 31.3 Å². The molecule has 1 fully saturated rings. The predicted molar refractivity (Wildman–Crippen MR) is 87.6 cm³/mol. The smallest absolute Gasteiger partial charge is 0.226 e. The SMILES string of the molecule is CC(C)Cc1nc(CN2CCN(Cc3ccccn3)CC2)no1. The molecule has 3 rings (SSSR count). The van der Waals surface area contributed by atoms with Gasteiger partial charge in [0.15, 0.2) is 5.82 Å². The van der Waals surface area contributed by atoms with E-state index in [0.717, 1.165) is 63.1 Å². The highest BCUT2D eigenvalue weighted by Gasteiger charge is 2.19. The molecule has 6 heteroatoms. The van der Waals surface area contributed by atoms with Gasteiger partial charge in [0.25, 0.3) is 0 Å². The average molecular weight is 315 g/mol. The van der Waals surface area contributed by atoms with Gasteiger partial charge in [-0.05, 0) is 18.1 Å². The van der Waals surface area contributed by atoms with Crippen LogP contribution in [0.15, 0.2) is 28.9 Å². The molecule has 0 aromatic carbocycles. The maximum atomic E-state index is 5.31. The van der Waals surface area contributed by atoms with Gasteiger partial charge in [-0.1, -0.05) is 25.1 Å². The number of nitrogens with zero attached hydrogens (tertiary/aromatic N) is 5. The van der Waals surface area contributed by atoms with Crippen molar-refractivity contribution in [2.45, 2.75) is 33.4 Å². The van der Waals surface area contributed by atoms with Crippen LogP contribution < -0.4 is 0 Å². The maximum absolute atomic E-state index is 5.31. The van der Waals surface area contributed by atoms with Crippen molar-refractivity contribution in [2.24, 2.45) is 5.92 Å². The van der Waals surface area contributed by atoms with Crippen molar-refractivity contribution in [3.63, 3.8) is 0 Å². The minimum absolute atomic E-state index is 0.540. The van der Waals surface area contributed by atoms with Crippen LogP contribution in [0.2, 0.25) is 0 Å². The molecule has 0 spiro atoms. The summed E-state index contributed by atoms with van der Waals surface area (Å²) in [6.07, 6.45) is 2.71. The summed E-state index contributed by atoms with van der Waals surface area (Å²) in [5.74, 6) is 2.10. The van der Waals surface area contributed by atoms with Gasteiger partial charge in [-0.2, -0.15) is 4.98 Å². The van der Waals surface area contributed by atoms with Gasteiger partial charge in [0, 0.05) is 45.3 Å². The average Bonchev–Trinajstić information content (AvgIpc) is 2.96. The lowest BCUT2D eigenvalue weighted by atomic mass is 10.1. The Bertz CT molecular complexity index is 590. The summed E-state index contributed by atoms with van der Waals surface area (Å²) in [7, 11) is 0. The first kappa shape index (κ1) is 16.1. The Morgan fingerprint density at radius 3 is 2.48 bits per heavy atom. The molecule has 2 aromatic heterocycles. The number of piperazine rings is 1. The third kappa shape index (κ3) is 4.84. The van der Waals surface area contributed by atoms with Crippen LogP contribution in [0.4, 0.5) is 0 Å². The van der Waals surface area contributed by atoms with E-state index in [0.29, 0.717) is 5.92 Å². The lowest BCUT2D eigenvalue weighted by Crippen LogP contribution is -2.45. The molecule has 1 saturated heterocycles. The quantitative estimate of drug-likeness (QED) is 0.812. The second kappa shape index (κ2) is 7.66. The van der Waals surface area contributed by atoms with E-state index in [1.54, 1.807) is 0 Å². The molecule has 0 atom stereocenters. The zero-order valence-corrected chi connectivity index (χ0v) is 14.0. The fraction of sp³-hybridized carbons (Fsp3) is 0.588. The molecule has 0 N–H and O–H groups in total. The summed E-state index contributed by atoms with van der Waals surface area (Å²) in [6.45, 7) is 10.2. The molecule has 124 valence electrons. The summed E-state index contributed by atoms with van der Waals surface area (Å²) in [4.78, 5) is 13.7. The van der Waals surface area contributed by atoms with Crippen molar-refractivity contribution >= 4 is 0 Å². The lowest BCUT2D eigenvalue weighted by molar-refractivity contribution is 0.118. The summed E-state index contributed by atoms with van der Waals surface area (Å²) < 4.78 is 5.31. The van der Waals surface area contributed by atoms with E-state index in [-0.39, 0.29) is 0 Å². The van der Waals surface area contributed by atoms with Gasteiger partial charge in [-0.3, -0.25) is 14.8 Å². The van der Waals surface area contributed by atoms with E-state index >= 15 is 0 Å². The van der Waals surface area contributed by atoms with Gasteiger partial charge in [-0.25, -0.2) is 0 Å². The molecule has 0 saturated carbocycles. The van der Waals surface area contributed by atoms with Crippen LogP contribution in [0.5, 0.6) is 0 Å². The molecule has 6 nitrogen and oxygen atoms in total. The molecule has 2 aromatic rings. The number of pyridine rings is 1. The third-order valence-electron chi connectivity index (χ3n) is 4.03. The fourth-order valence-electron chi connectivity index (χ4n) is 2.81. The Labute approximate surface area is 137 Å². The molecule has 0 aliphatic carbocycles. The fourth-order valence-corrected chi connectivity index (χ4v) is 2.81. The summed E-state index contributed by atoms with van der Waals surface area (Å²) in [5, 5.41) is 4.10. The Morgan fingerprint density at radius 2 is 1.83 bits per heavy atom. The largest absolute Gasteiger partial charge is 0.339 e. The number of hydrogen-bond acceptors (Lipinski definition) is 6. The van der Waals surface area contributed by atoms with E-state index < -0.39 is 0 Å². The Hall–Kier alpha value is -1.79. The van der Waals surface area contributed by atoms with Crippen LogP contribution in [0.3, 0.4) is 0 Å². The first-order valence-electron chi connectivity index (χ1n) is 8.35. The van der Waals surface area contributed by atoms with Gasteiger partial charge in [0.1, 0.15) is 0 Å². The minimum atomic E-state index is 0.540. The molecular formula is C17H25N5O. The molecule has 3 heterocycles. The molecule has 23 heavy (non-hydrogen) atoms. The second-order valence-corrected chi connectivity index (χ2v) is 6.58. The van der Waals surface area contributed by atoms with E-state index in [1.165, 1.54) is 0 Å². The van der Waals surface area contributed by atoms with Crippen LogP contribution >= 0.6 is 0 Å². The molecule has 0 bridgehead atoms. The Balaban J connectivity index is 1.45. The monoisotopic (exact) mass is 315 g/mol. The van der Waals surface area contributed by atoms with Gasteiger partial charge < -0.3 is 4.52 Å². The van der Waals surface area contributed by atoms with Crippen LogP contribution in [-0.2, 0) is 19.5 Å². The number of aromatic nitrogens is 3. The van der Waals surface area contributed by atoms with Crippen molar-refractivity contribution < 1.29 is 4.52 Å². The van der Waals surface area contributed by atoms with Crippen LogP contribution in [0, 0.1) is 5.92 Å². The maximum Gasteiger partial charge on any atom is 0.226 e. The molecule has 1 aliphatic heterocycles. The van der Waals surface area contributed by atoms with E-state index in [9.17, 15) is 0 Å². The van der Waals surface area contributed by atoms with Crippen molar-refractivity contribution in [3.05, 3.63) is 41.8 Å². The van der Waals surface area contributed by atoms with Crippen molar-refractivity contribution in [3.8, 4) is 0 Å². The zero-order chi connectivity index (χ0) is 16.1. The number of rotatable bonds is 6. The summed E-state index contributed by atoms with van der Waals surface area (Å²) in [5.41, 5.74) is 1.14. The molecule has 0 amide bonds. The topological polar surface area (TPSA) is 58.3 Å². The van der Waals surface area contributed by atoms with E-state index in [2.05, 4.69) is 44.8 Å². The van der Waals surface area contributed by atoms with Gasteiger partial charge >= 0.3 is 0 Å². The second-order valence-electron chi connectivity index (χ2n) is 6.58. The third-order valence-corrected chi connectivity index (χ3v) is 4.03.